The smallest absolute Gasteiger partial charge is 0.0641 e. The lowest BCUT2D eigenvalue weighted by atomic mass is 10.0. The number of benzene rings is 1. The van der Waals surface area contributed by atoms with Gasteiger partial charge in [-0.1, -0.05) is 11.6 Å². The lowest BCUT2D eigenvalue weighted by Gasteiger charge is -2.12. The molecule has 1 unspecified atom stereocenters. The predicted octanol–water partition coefficient (Wildman–Crippen LogP) is 2.60. The van der Waals surface area contributed by atoms with Crippen molar-refractivity contribution in [3.8, 4) is 6.07 Å². The molecule has 3 nitrogen and oxygen atoms in total. The van der Waals surface area contributed by atoms with E-state index in [9.17, 15) is 0 Å². The van der Waals surface area contributed by atoms with Gasteiger partial charge in [-0.2, -0.15) is 5.26 Å². The summed E-state index contributed by atoms with van der Waals surface area (Å²) in [6.45, 7) is 0. The third kappa shape index (κ3) is 2.38. The minimum Gasteiger partial charge on any atom is -0.398 e. The zero-order valence-electron chi connectivity index (χ0n) is 7.30. The Bertz CT molecular complexity index is 386. The highest BCUT2D eigenvalue weighted by Crippen LogP contribution is 2.31. The summed E-state index contributed by atoms with van der Waals surface area (Å²) in [4.78, 5) is 0. The Labute approximate surface area is 95.8 Å². The van der Waals surface area contributed by atoms with Crippen molar-refractivity contribution in [2.75, 3.05) is 5.73 Å². The van der Waals surface area contributed by atoms with Gasteiger partial charge in [0.25, 0.3) is 0 Å². The van der Waals surface area contributed by atoms with Crippen LogP contribution in [0.4, 0.5) is 5.69 Å². The molecular weight excluding hydrogens is 265 g/mol. The first-order valence-electron chi connectivity index (χ1n) is 3.93. The molecule has 0 radical (unpaired) electrons. The quantitative estimate of drug-likeness (QED) is 0.814. The second kappa shape index (κ2) is 4.65. The van der Waals surface area contributed by atoms with Gasteiger partial charge in [-0.25, -0.2) is 0 Å². The summed E-state index contributed by atoms with van der Waals surface area (Å²) in [6.07, 6.45) is 0.234. The van der Waals surface area contributed by atoms with Crippen LogP contribution < -0.4 is 11.5 Å². The Morgan fingerprint density at radius 3 is 2.79 bits per heavy atom. The zero-order valence-corrected chi connectivity index (χ0v) is 9.64. The van der Waals surface area contributed by atoms with Gasteiger partial charge >= 0.3 is 0 Å². The Morgan fingerprint density at radius 1 is 1.57 bits per heavy atom. The van der Waals surface area contributed by atoms with E-state index in [-0.39, 0.29) is 12.5 Å². The van der Waals surface area contributed by atoms with Gasteiger partial charge in [0, 0.05) is 16.2 Å². The lowest BCUT2D eigenvalue weighted by molar-refractivity contribution is 0.750. The number of nitrogen functional groups attached to an aromatic ring is 1. The zero-order chi connectivity index (χ0) is 10.7. The fourth-order valence-corrected chi connectivity index (χ4v) is 1.64. The maximum atomic E-state index is 8.50. The van der Waals surface area contributed by atoms with E-state index in [1.807, 2.05) is 6.07 Å². The standard InChI is InChI=1S/C9H9BrClN3/c10-6-3-5(8(13)1-2-12)9(14)4-7(6)11/h3-4,8H,1,13-14H2. The molecule has 0 fully saturated rings. The molecule has 1 aromatic rings. The molecule has 0 amide bonds. The Hall–Kier alpha value is -0.760. The van der Waals surface area contributed by atoms with Gasteiger partial charge in [0.15, 0.2) is 0 Å². The van der Waals surface area contributed by atoms with Crippen molar-refractivity contribution in [2.24, 2.45) is 5.73 Å². The molecule has 5 heteroatoms. The van der Waals surface area contributed by atoms with Crippen molar-refractivity contribution in [3.05, 3.63) is 27.2 Å². The van der Waals surface area contributed by atoms with Crippen LogP contribution in [0.2, 0.25) is 5.02 Å². The van der Waals surface area contributed by atoms with Crippen molar-refractivity contribution in [3.63, 3.8) is 0 Å². The molecule has 0 spiro atoms. The molecule has 0 aliphatic heterocycles. The molecule has 0 saturated heterocycles. The number of hydrogen-bond acceptors (Lipinski definition) is 3. The molecule has 0 heterocycles. The highest BCUT2D eigenvalue weighted by molar-refractivity contribution is 9.10. The Balaban J connectivity index is 3.10. The second-order valence-electron chi connectivity index (χ2n) is 2.86. The van der Waals surface area contributed by atoms with Gasteiger partial charge in [-0.15, -0.1) is 0 Å². The molecule has 0 aromatic heterocycles. The average molecular weight is 275 g/mol. The number of nitrogens with zero attached hydrogens (tertiary/aromatic N) is 1. The third-order valence-electron chi connectivity index (χ3n) is 1.84. The monoisotopic (exact) mass is 273 g/mol. The summed E-state index contributed by atoms with van der Waals surface area (Å²) in [5.74, 6) is 0. The molecule has 0 aliphatic rings. The molecule has 0 aliphatic carbocycles. The van der Waals surface area contributed by atoms with Gasteiger partial charge in [0.2, 0.25) is 0 Å². The van der Waals surface area contributed by atoms with Gasteiger partial charge in [0.1, 0.15) is 0 Å². The van der Waals surface area contributed by atoms with Crippen LogP contribution in [0.15, 0.2) is 16.6 Å². The molecule has 1 aromatic carbocycles. The SMILES string of the molecule is N#CCC(N)c1cc(Br)c(Cl)cc1N. The summed E-state index contributed by atoms with van der Waals surface area (Å²) in [7, 11) is 0. The Morgan fingerprint density at radius 2 is 2.21 bits per heavy atom. The van der Waals surface area contributed by atoms with Crippen molar-refractivity contribution >= 4 is 33.2 Å². The van der Waals surface area contributed by atoms with Crippen LogP contribution in [0.1, 0.15) is 18.0 Å². The van der Waals surface area contributed by atoms with Gasteiger partial charge in [0.05, 0.1) is 17.5 Å². The minimum absolute atomic E-state index is 0.234. The number of rotatable bonds is 2. The van der Waals surface area contributed by atoms with Crippen LogP contribution in [0.25, 0.3) is 0 Å². The molecule has 74 valence electrons. The predicted molar refractivity (Wildman–Crippen MR) is 60.7 cm³/mol. The largest absolute Gasteiger partial charge is 0.398 e. The molecule has 14 heavy (non-hydrogen) atoms. The summed E-state index contributed by atoms with van der Waals surface area (Å²) in [5.41, 5.74) is 12.7. The van der Waals surface area contributed by atoms with E-state index in [0.717, 1.165) is 10.0 Å². The normalized spacial score (nSPS) is 12.1. The van der Waals surface area contributed by atoms with Gasteiger partial charge in [-0.3, -0.25) is 0 Å². The number of anilines is 1. The fourth-order valence-electron chi connectivity index (χ4n) is 1.11. The molecule has 1 atom stereocenters. The van der Waals surface area contributed by atoms with E-state index in [4.69, 9.17) is 28.3 Å². The van der Waals surface area contributed by atoms with E-state index < -0.39 is 0 Å². The topological polar surface area (TPSA) is 75.8 Å². The van der Waals surface area contributed by atoms with E-state index in [0.29, 0.717) is 10.7 Å². The third-order valence-corrected chi connectivity index (χ3v) is 3.03. The second-order valence-corrected chi connectivity index (χ2v) is 4.13. The van der Waals surface area contributed by atoms with Crippen LogP contribution in [0.5, 0.6) is 0 Å². The molecule has 0 bridgehead atoms. The number of hydrogen-bond donors (Lipinski definition) is 2. The highest BCUT2D eigenvalue weighted by Gasteiger charge is 2.11. The van der Waals surface area contributed by atoms with Crippen LogP contribution in [-0.4, -0.2) is 0 Å². The first-order valence-corrected chi connectivity index (χ1v) is 5.10. The van der Waals surface area contributed by atoms with Crippen LogP contribution in [-0.2, 0) is 0 Å². The lowest BCUT2D eigenvalue weighted by Crippen LogP contribution is -2.11. The minimum atomic E-state index is -0.367. The van der Waals surface area contributed by atoms with E-state index in [1.165, 1.54) is 0 Å². The molecule has 1 rings (SSSR count). The van der Waals surface area contributed by atoms with Crippen molar-refractivity contribution in [1.29, 1.82) is 5.26 Å². The summed E-state index contributed by atoms with van der Waals surface area (Å²) >= 11 is 9.11. The first-order chi connectivity index (χ1) is 6.56. The number of nitriles is 1. The molecule has 0 saturated carbocycles. The molecule has 4 N–H and O–H groups in total. The number of halogens is 2. The van der Waals surface area contributed by atoms with Gasteiger partial charge < -0.3 is 11.5 Å². The van der Waals surface area contributed by atoms with E-state index >= 15 is 0 Å². The van der Waals surface area contributed by atoms with E-state index in [2.05, 4.69) is 15.9 Å². The first kappa shape index (κ1) is 11.3. The highest BCUT2D eigenvalue weighted by atomic mass is 79.9. The average Bonchev–Trinajstić information content (AvgIpc) is 2.11. The van der Waals surface area contributed by atoms with Crippen LogP contribution >= 0.6 is 27.5 Å². The number of nitrogens with two attached hydrogens (primary N) is 2. The van der Waals surface area contributed by atoms with Crippen LogP contribution in [0, 0.1) is 11.3 Å². The van der Waals surface area contributed by atoms with Crippen molar-refractivity contribution < 1.29 is 0 Å². The molecular formula is C9H9BrClN3. The summed E-state index contributed by atoms with van der Waals surface area (Å²) < 4.78 is 0.733. The maximum absolute atomic E-state index is 8.50. The van der Waals surface area contributed by atoms with Gasteiger partial charge in [-0.05, 0) is 33.6 Å². The van der Waals surface area contributed by atoms with E-state index in [1.54, 1.807) is 12.1 Å². The summed E-state index contributed by atoms with van der Waals surface area (Å²) in [5, 5.41) is 9.04. The Kier molecular flexibility index (Phi) is 3.76. The van der Waals surface area contributed by atoms with Crippen LogP contribution in [0.3, 0.4) is 0 Å². The van der Waals surface area contributed by atoms with Crippen molar-refractivity contribution in [2.45, 2.75) is 12.5 Å². The van der Waals surface area contributed by atoms with Crippen molar-refractivity contribution in [1.82, 2.24) is 0 Å². The fraction of sp³-hybridized carbons (Fsp3) is 0.222. The maximum Gasteiger partial charge on any atom is 0.0641 e. The summed E-state index contributed by atoms with van der Waals surface area (Å²) in [6, 6.07) is 5.00.